The Morgan fingerprint density at radius 2 is 0.721 bits per heavy atom. The van der Waals surface area contributed by atoms with E-state index in [0.29, 0.717) is 19.6 Å². The predicted octanol–water partition coefficient (Wildman–Crippen LogP) is -7.16. The van der Waals surface area contributed by atoms with Crippen LogP contribution in [0.5, 0.6) is 0 Å². The number of rotatable bonds is 9. The summed E-state index contributed by atoms with van der Waals surface area (Å²) in [4.78, 5) is 22.5. The van der Waals surface area contributed by atoms with Crippen LogP contribution in [0.1, 0.15) is 17.1 Å². The van der Waals surface area contributed by atoms with Gasteiger partial charge in [-0.25, -0.2) is 37.3 Å². The van der Waals surface area contributed by atoms with Gasteiger partial charge in [-0.3, -0.25) is 19.9 Å². The van der Waals surface area contributed by atoms with Gasteiger partial charge in [0.15, 0.2) is 0 Å². The van der Waals surface area contributed by atoms with Crippen molar-refractivity contribution in [1.29, 1.82) is 0 Å². The van der Waals surface area contributed by atoms with Crippen molar-refractivity contribution in [3.05, 3.63) is 72.1 Å². The molecule has 3 N–H and O–H groups in total. The Morgan fingerprint density at radius 1 is 0.512 bits per heavy atom. The summed E-state index contributed by atoms with van der Waals surface area (Å²) >= 11 is 0. The zero-order valence-corrected chi connectivity index (χ0v) is 26.8. The van der Waals surface area contributed by atoms with Crippen LogP contribution in [0.3, 0.4) is 0 Å². The number of halogens is 2. The van der Waals surface area contributed by atoms with E-state index in [1.807, 2.05) is 79.1 Å². The van der Waals surface area contributed by atoms with Crippen LogP contribution in [0.25, 0.3) is 0 Å². The molecule has 3 aromatic heterocycles. The smallest absolute Gasteiger partial charge is 0.457 e. The van der Waals surface area contributed by atoms with E-state index in [4.69, 9.17) is 37.3 Å². The fraction of sp³-hybridized carbons (Fsp3) is 0.375. The molecule has 0 saturated heterocycles. The van der Waals surface area contributed by atoms with E-state index in [-0.39, 0.29) is 22.5 Å². The first-order chi connectivity index (χ1) is 18.8. The van der Waals surface area contributed by atoms with Crippen LogP contribution in [-0.4, -0.2) is 62.1 Å². The second-order valence-corrected chi connectivity index (χ2v) is 10.6. The van der Waals surface area contributed by atoms with Crippen LogP contribution in [0.15, 0.2) is 55.0 Å². The van der Waals surface area contributed by atoms with Crippen LogP contribution < -0.4 is 52.0 Å². The summed E-state index contributed by atoms with van der Waals surface area (Å²) in [5, 5.41) is 0. The summed E-state index contributed by atoms with van der Waals surface area (Å²) < 4.78 is 67.9. The SMILES string of the molecule is CN(C)c1ccnc(CN(Cc2cc(N(C)C)ccn2)Cc2cc(N(C)C)ccn2)c1.[Cu+2].[O-][Cl+3]([O-])([O-])[O-].[O-][Cl+3]([O-])([O-])[O-].[OH3+]. The van der Waals surface area contributed by atoms with Gasteiger partial charge in [0.25, 0.3) is 0 Å². The van der Waals surface area contributed by atoms with Gasteiger partial charge in [0, 0.05) is 97.6 Å². The van der Waals surface area contributed by atoms with Gasteiger partial charge in [0.05, 0.1) is 17.1 Å². The molecule has 245 valence electrons. The Bertz CT molecular complexity index is 1050. The Labute approximate surface area is 265 Å². The molecule has 0 aliphatic heterocycles. The maximum absolute atomic E-state index is 8.49. The molecule has 3 heterocycles. The first-order valence-corrected chi connectivity index (χ1v) is 14.1. The van der Waals surface area contributed by atoms with E-state index < -0.39 is 20.5 Å². The molecule has 1 radical (unpaired) electrons. The third-order valence-corrected chi connectivity index (χ3v) is 5.11. The molecule has 0 aromatic carbocycles. The molecule has 0 amide bonds. The number of hydrogen-bond acceptors (Lipinski definition) is 15. The molecule has 0 bridgehead atoms. The van der Waals surface area contributed by atoms with Crippen LogP contribution in [0.2, 0.25) is 0 Å². The van der Waals surface area contributed by atoms with E-state index in [2.05, 4.69) is 52.8 Å². The molecule has 0 unspecified atom stereocenters. The van der Waals surface area contributed by atoms with Crippen LogP contribution in [0.4, 0.5) is 17.1 Å². The van der Waals surface area contributed by atoms with Gasteiger partial charge in [0.2, 0.25) is 0 Å². The third-order valence-electron chi connectivity index (χ3n) is 5.11. The van der Waals surface area contributed by atoms with E-state index in [1.165, 1.54) is 0 Å². The summed E-state index contributed by atoms with van der Waals surface area (Å²) in [5.41, 5.74) is 6.51. The molecule has 0 spiro atoms. The third kappa shape index (κ3) is 21.0. The van der Waals surface area contributed by atoms with E-state index in [0.717, 1.165) is 34.1 Å². The molecule has 0 aliphatic rings. The van der Waals surface area contributed by atoms with E-state index in [1.54, 1.807) is 0 Å². The Balaban J connectivity index is 0. The molecule has 16 nitrogen and oxygen atoms in total. The van der Waals surface area contributed by atoms with Gasteiger partial charge in [-0.2, -0.15) is 0 Å². The fourth-order valence-electron chi connectivity index (χ4n) is 3.35. The second-order valence-electron chi connectivity index (χ2n) is 9.10. The van der Waals surface area contributed by atoms with Gasteiger partial charge in [-0.15, -0.1) is 20.5 Å². The summed E-state index contributed by atoms with van der Waals surface area (Å²) in [5.74, 6) is 0. The summed E-state index contributed by atoms with van der Waals surface area (Å²) in [6.45, 7) is 2.14. The Hall–Kier alpha value is -2.45. The van der Waals surface area contributed by atoms with E-state index >= 15 is 0 Å². The molecule has 3 aromatic rings. The van der Waals surface area contributed by atoms with Crippen molar-refractivity contribution in [2.75, 3.05) is 57.0 Å². The van der Waals surface area contributed by atoms with Crippen LogP contribution >= 0.6 is 0 Å². The monoisotopic (exact) mass is 699 g/mol. The zero-order valence-electron chi connectivity index (χ0n) is 24.3. The molecule has 0 aliphatic carbocycles. The average molecular weight is 701 g/mol. The standard InChI is InChI=1S/C24H33N7.2ClHO4.Cu.H2O/c1-28(2)22-7-10-25-19(13-22)16-31(17-20-14-23(29(3)4)8-11-26-20)18-21-15-24(30(5)6)9-12-27-21;2*2-1(3,4)5;;/h7-15H,16-18H2,1-6H3;2*(H,2,3,4,5);;1H2/q;;;+2;/p-1. The van der Waals surface area contributed by atoms with Crippen molar-refractivity contribution in [1.82, 2.24) is 19.9 Å². The van der Waals surface area contributed by atoms with Gasteiger partial charge < -0.3 is 20.2 Å². The minimum Gasteiger partial charge on any atom is -0.457 e. The van der Waals surface area contributed by atoms with Gasteiger partial charge in [-0.1, -0.05) is 0 Å². The minimum absolute atomic E-state index is 0. The number of anilines is 3. The first kappa shape index (κ1) is 42.7. The van der Waals surface area contributed by atoms with Crippen molar-refractivity contribution in [2.45, 2.75) is 19.6 Å². The number of nitrogens with zero attached hydrogens (tertiary/aromatic N) is 7. The van der Waals surface area contributed by atoms with Crippen molar-refractivity contribution in [2.24, 2.45) is 0 Å². The average Bonchev–Trinajstić information content (AvgIpc) is 2.82. The van der Waals surface area contributed by atoms with Crippen LogP contribution in [-0.2, 0) is 42.2 Å². The second kappa shape index (κ2) is 19.8. The molecule has 3 rings (SSSR count). The molecule has 43 heavy (non-hydrogen) atoms. The molecule has 0 saturated carbocycles. The van der Waals surface area contributed by atoms with E-state index in [9.17, 15) is 0 Å². The maximum Gasteiger partial charge on any atom is 2.00 e. The molecular weight excluding hydrogens is 665 g/mol. The van der Waals surface area contributed by atoms with Crippen molar-refractivity contribution in [3.63, 3.8) is 0 Å². The van der Waals surface area contributed by atoms with Crippen LogP contribution in [0, 0.1) is 20.5 Å². The van der Waals surface area contributed by atoms with Crippen molar-refractivity contribution < 1.29 is 80.3 Å². The minimum atomic E-state index is -4.94. The topological polar surface area (TPSA) is 269 Å². The van der Waals surface area contributed by atoms with Crippen molar-refractivity contribution in [3.8, 4) is 0 Å². The summed E-state index contributed by atoms with van der Waals surface area (Å²) in [7, 11) is 2.39. The molecule has 19 heteroatoms. The molecule has 0 fully saturated rings. The van der Waals surface area contributed by atoms with Gasteiger partial charge >= 0.3 is 17.1 Å². The number of pyridine rings is 3. The first-order valence-electron chi connectivity index (χ1n) is 11.6. The summed E-state index contributed by atoms with van der Waals surface area (Å²) in [6, 6.07) is 12.5. The number of aromatic nitrogens is 3. The summed E-state index contributed by atoms with van der Waals surface area (Å²) in [6.07, 6.45) is 5.62. The fourth-order valence-corrected chi connectivity index (χ4v) is 3.35. The molecule has 0 atom stereocenters. The van der Waals surface area contributed by atoms with Crippen molar-refractivity contribution >= 4 is 17.1 Å². The Morgan fingerprint density at radius 3 is 0.907 bits per heavy atom. The molecular formula is C24H36Cl2CuN7O9+. The predicted molar refractivity (Wildman–Crippen MR) is 134 cm³/mol. The number of hydrogen-bond donors (Lipinski definition) is 0. The zero-order chi connectivity index (χ0) is 31.4. The normalized spacial score (nSPS) is 10.7. The Kier molecular flexibility index (Phi) is 19.6. The van der Waals surface area contributed by atoms with Gasteiger partial charge in [-0.05, 0) is 36.4 Å². The maximum atomic E-state index is 8.49. The van der Waals surface area contributed by atoms with Gasteiger partial charge in [0.1, 0.15) is 0 Å². The largest absolute Gasteiger partial charge is 2.00 e. The quantitative estimate of drug-likeness (QED) is 0.148.